The molecule has 0 aromatic heterocycles. The maximum absolute atomic E-state index is 6.22. The van der Waals surface area contributed by atoms with Crippen LogP contribution in [0.2, 0.25) is 4.97 Å². The Morgan fingerprint density at radius 3 is 1.79 bits per heavy atom. The number of hydrogen-bond acceptors (Lipinski definition) is 2. The summed E-state index contributed by atoms with van der Waals surface area (Å²) in [5, 5.41) is 0. The zero-order valence-electron chi connectivity index (χ0n) is 8.21. The van der Waals surface area contributed by atoms with Gasteiger partial charge in [0.2, 0.25) is 0 Å². The third-order valence-electron chi connectivity index (χ3n) is 1.74. The molecule has 0 aliphatic carbocycles. The molecule has 0 saturated heterocycles. The van der Waals surface area contributed by atoms with Gasteiger partial charge >= 0.3 is 95.8 Å². The van der Waals surface area contributed by atoms with E-state index < -0.39 is 15.9 Å². The van der Waals surface area contributed by atoms with Crippen molar-refractivity contribution in [2.45, 2.75) is 4.97 Å². The average molecular weight is 351 g/mol. The first kappa shape index (κ1) is 12.3. The zero-order chi connectivity index (χ0) is 10.8. The molecule has 1 aromatic rings. The van der Waals surface area contributed by atoms with Crippen LogP contribution in [0.25, 0.3) is 0 Å². The molecule has 0 fully saturated rings. The fourth-order valence-corrected chi connectivity index (χ4v) is 6.09. The van der Waals surface area contributed by atoms with Crippen LogP contribution in [0.5, 0.6) is 11.5 Å². The van der Waals surface area contributed by atoms with Crippen molar-refractivity contribution in [3.63, 3.8) is 0 Å². The Morgan fingerprint density at radius 2 is 1.50 bits per heavy atom. The first-order valence-corrected chi connectivity index (χ1v) is 13.3. The van der Waals surface area contributed by atoms with Crippen LogP contribution < -0.4 is 13.1 Å². The summed E-state index contributed by atoms with van der Waals surface area (Å²) in [7, 11) is 15.6. The molecule has 0 saturated carbocycles. The minimum absolute atomic E-state index is 0.707. The van der Waals surface area contributed by atoms with E-state index in [0.717, 1.165) is 3.61 Å². The van der Waals surface area contributed by atoms with E-state index in [0.29, 0.717) is 11.5 Å². The number of benzene rings is 1. The summed E-state index contributed by atoms with van der Waals surface area (Å²) < 4.78 is 11.3. The van der Waals surface area contributed by atoms with E-state index in [2.05, 4.69) is 0 Å². The normalized spacial score (nSPS) is 12.4. The predicted molar refractivity (Wildman–Crippen MR) is 62.5 cm³/mol. The Bertz CT molecular complexity index is 301. The van der Waals surface area contributed by atoms with Gasteiger partial charge in [0.25, 0.3) is 0 Å². The molecule has 0 spiro atoms. The van der Waals surface area contributed by atoms with Crippen LogP contribution >= 0.6 is 17.9 Å². The summed E-state index contributed by atoms with van der Waals surface area (Å²) in [5.41, 5.74) is 0. The van der Waals surface area contributed by atoms with E-state index in [-0.39, 0.29) is 0 Å². The van der Waals surface area contributed by atoms with Crippen LogP contribution in [0.15, 0.2) is 18.2 Å². The van der Waals surface area contributed by atoms with Crippen LogP contribution in [-0.4, -0.2) is 30.2 Å². The Kier molecular flexibility index (Phi) is 4.21. The zero-order valence-corrected chi connectivity index (χ0v) is 12.1. The standard InChI is InChI=1S/C9H12Cl2O2Te/c1-12-7-5-4-6-8(13-2)9(7)14(3,10)11/h4-6H,1-3H3. The minimum atomic E-state index is -3.00. The van der Waals surface area contributed by atoms with Crippen molar-refractivity contribution >= 4 is 37.5 Å². The summed E-state index contributed by atoms with van der Waals surface area (Å²) >= 11 is -3.00. The Balaban J connectivity index is 3.34. The van der Waals surface area contributed by atoms with Gasteiger partial charge in [-0.2, -0.15) is 0 Å². The molecule has 0 aliphatic rings. The second kappa shape index (κ2) is 4.81. The molecular formula is C9H12Cl2O2Te. The number of ether oxygens (including phenoxy) is 2. The van der Waals surface area contributed by atoms with Crippen LogP contribution in [-0.2, 0) is 0 Å². The van der Waals surface area contributed by atoms with Gasteiger partial charge in [0.15, 0.2) is 0 Å². The summed E-state index contributed by atoms with van der Waals surface area (Å²) in [4.78, 5) is 1.87. The number of halogens is 2. The molecule has 0 atom stereocenters. The molecule has 1 rings (SSSR count). The van der Waals surface area contributed by atoms with Crippen molar-refractivity contribution in [3.05, 3.63) is 18.2 Å². The van der Waals surface area contributed by atoms with E-state index >= 15 is 0 Å². The monoisotopic (exact) mass is 352 g/mol. The molecule has 0 bridgehead atoms. The Labute approximate surface area is 95.4 Å². The van der Waals surface area contributed by atoms with E-state index in [1.54, 1.807) is 14.2 Å². The fraction of sp³-hybridized carbons (Fsp3) is 0.333. The summed E-state index contributed by atoms with van der Waals surface area (Å²) in [6.07, 6.45) is 0. The Hall–Kier alpha value is 0.190. The van der Waals surface area contributed by atoms with Crippen LogP contribution in [0.1, 0.15) is 0 Å². The van der Waals surface area contributed by atoms with E-state index in [1.165, 1.54) is 0 Å². The molecule has 5 heteroatoms. The molecule has 0 radical (unpaired) electrons. The Morgan fingerprint density at radius 1 is 1.07 bits per heavy atom. The summed E-state index contributed by atoms with van der Waals surface area (Å²) in [6, 6.07) is 5.53. The maximum atomic E-state index is 6.22. The van der Waals surface area contributed by atoms with Gasteiger partial charge in [0.1, 0.15) is 0 Å². The molecule has 0 aliphatic heterocycles. The van der Waals surface area contributed by atoms with Crippen LogP contribution in [0.3, 0.4) is 0 Å². The van der Waals surface area contributed by atoms with Gasteiger partial charge in [-0.25, -0.2) is 0 Å². The third kappa shape index (κ3) is 2.61. The van der Waals surface area contributed by atoms with Gasteiger partial charge < -0.3 is 0 Å². The fourth-order valence-electron chi connectivity index (χ4n) is 1.17. The third-order valence-corrected chi connectivity index (χ3v) is 7.01. The second-order valence-electron chi connectivity index (χ2n) is 2.72. The molecule has 0 amide bonds. The molecule has 1 aromatic carbocycles. The average Bonchev–Trinajstić information content (AvgIpc) is 2.15. The summed E-state index contributed by atoms with van der Waals surface area (Å²) in [6.45, 7) is 0. The quantitative estimate of drug-likeness (QED) is 0.780. The van der Waals surface area contributed by atoms with Crippen molar-refractivity contribution in [1.82, 2.24) is 0 Å². The van der Waals surface area contributed by atoms with Crippen molar-refractivity contribution in [2.24, 2.45) is 0 Å². The van der Waals surface area contributed by atoms with Gasteiger partial charge in [-0.3, -0.25) is 0 Å². The van der Waals surface area contributed by atoms with E-state index in [9.17, 15) is 0 Å². The van der Waals surface area contributed by atoms with Gasteiger partial charge in [-0.05, 0) is 0 Å². The number of methoxy groups -OCH3 is 2. The van der Waals surface area contributed by atoms with Crippen molar-refractivity contribution in [2.75, 3.05) is 14.2 Å². The molecule has 80 valence electrons. The van der Waals surface area contributed by atoms with E-state index in [1.807, 2.05) is 23.2 Å². The van der Waals surface area contributed by atoms with Gasteiger partial charge in [0.05, 0.1) is 0 Å². The van der Waals surface area contributed by atoms with Crippen LogP contribution in [0.4, 0.5) is 0 Å². The first-order chi connectivity index (χ1) is 6.50. The first-order valence-electron chi connectivity index (χ1n) is 3.89. The molecule has 0 unspecified atom stereocenters. The van der Waals surface area contributed by atoms with Crippen molar-refractivity contribution in [3.8, 4) is 11.5 Å². The van der Waals surface area contributed by atoms with Gasteiger partial charge in [-0.15, -0.1) is 0 Å². The second-order valence-corrected chi connectivity index (χ2v) is 17.4. The molecule has 0 N–H and O–H groups in total. The van der Waals surface area contributed by atoms with Gasteiger partial charge in [-0.1, -0.05) is 0 Å². The SMILES string of the molecule is COc1cccc(OC)c1[Te](C)(Cl)Cl. The van der Waals surface area contributed by atoms with E-state index in [4.69, 9.17) is 27.4 Å². The van der Waals surface area contributed by atoms with Gasteiger partial charge in [0, 0.05) is 0 Å². The summed E-state index contributed by atoms with van der Waals surface area (Å²) in [5.74, 6) is 1.41. The number of hydrogen-bond donors (Lipinski definition) is 0. The topological polar surface area (TPSA) is 18.5 Å². The molecule has 2 nitrogen and oxygen atoms in total. The molecular weight excluding hydrogens is 339 g/mol. The predicted octanol–water partition coefficient (Wildman–Crippen LogP) is 2.46. The van der Waals surface area contributed by atoms with Crippen LogP contribution in [0, 0.1) is 0 Å². The molecule has 14 heavy (non-hydrogen) atoms. The molecule has 0 heterocycles. The van der Waals surface area contributed by atoms with Crippen molar-refractivity contribution < 1.29 is 9.47 Å². The number of rotatable bonds is 3. The van der Waals surface area contributed by atoms with Crippen molar-refractivity contribution in [1.29, 1.82) is 0 Å².